The van der Waals surface area contributed by atoms with E-state index in [9.17, 15) is 14.4 Å². The SMILES string of the molecule is CCC(NC(=O)Cn1c(=O)c2c(ncn2CC)n(Cc2ccccc2)c1=O)c1ccc(OC)cc1. The lowest BCUT2D eigenvalue weighted by molar-refractivity contribution is -0.122. The molecule has 4 aromatic rings. The molecule has 1 amide bonds. The second-order valence-electron chi connectivity index (χ2n) is 8.25. The highest BCUT2D eigenvalue weighted by Gasteiger charge is 2.21. The highest BCUT2D eigenvalue weighted by atomic mass is 16.5. The van der Waals surface area contributed by atoms with E-state index in [1.54, 1.807) is 18.0 Å². The molecule has 1 atom stereocenters. The van der Waals surface area contributed by atoms with Crippen molar-refractivity contribution in [2.75, 3.05) is 7.11 Å². The van der Waals surface area contributed by atoms with E-state index in [0.717, 1.165) is 21.4 Å². The van der Waals surface area contributed by atoms with Gasteiger partial charge in [0, 0.05) is 6.54 Å². The zero-order valence-electron chi connectivity index (χ0n) is 20.1. The van der Waals surface area contributed by atoms with Gasteiger partial charge in [-0.05, 0) is 36.6 Å². The molecule has 0 aliphatic rings. The Labute approximate surface area is 202 Å². The second kappa shape index (κ2) is 10.4. The Hall–Kier alpha value is -4.14. The molecule has 182 valence electrons. The van der Waals surface area contributed by atoms with Gasteiger partial charge in [-0.25, -0.2) is 14.3 Å². The monoisotopic (exact) mass is 475 g/mol. The Morgan fingerprint density at radius 1 is 1.03 bits per heavy atom. The molecule has 0 radical (unpaired) electrons. The van der Waals surface area contributed by atoms with Gasteiger partial charge in [-0.1, -0.05) is 49.4 Å². The minimum absolute atomic E-state index is 0.238. The molecule has 0 saturated carbocycles. The molecular formula is C26H29N5O4. The Bertz CT molecular complexity index is 1440. The van der Waals surface area contributed by atoms with Crippen LogP contribution in [-0.2, 0) is 24.4 Å². The van der Waals surface area contributed by atoms with Crippen LogP contribution in [0.4, 0.5) is 0 Å². The summed E-state index contributed by atoms with van der Waals surface area (Å²) in [4.78, 5) is 44.1. The number of nitrogens with one attached hydrogen (secondary N) is 1. The number of fused-ring (bicyclic) bond motifs is 1. The lowest BCUT2D eigenvalue weighted by Gasteiger charge is -2.18. The summed E-state index contributed by atoms with van der Waals surface area (Å²) in [5.74, 6) is 0.307. The van der Waals surface area contributed by atoms with Crippen LogP contribution < -0.4 is 21.3 Å². The molecule has 2 heterocycles. The average Bonchev–Trinajstić information content (AvgIpc) is 3.32. The van der Waals surface area contributed by atoms with Crippen LogP contribution in [0.15, 0.2) is 70.5 Å². The molecule has 9 heteroatoms. The quantitative estimate of drug-likeness (QED) is 0.401. The summed E-state index contributed by atoms with van der Waals surface area (Å²) < 4.78 is 9.34. The van der Waals surface area contributed by atoms with Gasteiger partial charge >= 0.3 is 5.69 Å². The van der Waals surface area contributed by atoms with E-state index >= 15 is 0 Å². The number of hydrogen-bond donors (Lipinski definition) is 1. The van der Waals surface area contributed by atoms with E-state index in [4.69, 9.17) is 4.74 Å². The van der Waals surface area contributed by atoms with E-state index in [1.165, 1.54) is 4.57 Å². The number of methoxy groups -OCH3 is 1. The van der Waals surface area contributed by atoms with Gasteiger partial charge < -0.3 is 14.6 Å². The van der Waals surface area contributed by atoms with Crippen molar-refractivity contribution in [1.82, 2.24) is 24.0 Å². The van der Waals surface area contributed by atoms with Crippen LogP contribution in [0.1, 0.15) is 37.4 Å². The molecule has 0 bridgehead atoms. The third kappa shape index (κ3) is 4.89. The number of hydrogen-bond acceptors (Lipinski definition) is 5. The zero-order chi connectivity index (χ0) is 24.9. The smallest absolute Gasteiger partial charge is 0.333 e. The first-order valence-electron chi connectivity index (χ1n) is 11.6. The first kappa shape index (κ1) is 24.0. The molecule has 2 aromatic heterocycles. The van der Waals surface area contributed by atoms with Crippen LogP contribution in [0.5, 0.6) is 5.75 Å². The van der Waals surface area contributed by atoms with Crippen LogP contribution >= 0.6 is 0 Å². The average molecular weight is 476 g/mol. The van der Waals surface area contributed by atoms with Gasteiger partial charge in [0.2, 0.25) is 5.91 Å². The molecule has 1 N–H and O–H groups in total. The number of aromatic nitrogens is 4. The number of benzene rings is 2. The molecule has 0 fully saturated rings. The molecule has 0 spiro atoms. The molecule has 1 unspecified atom stereocenters. The molecule has 0 saturated heterocycles. The van der Waals surface area contributed by atoms with Crippen molar-refractivity contribution in [3.63, 3.8) is 0 Å². The fourth-order valence-corrected chi connectivity index (χ4v) is 4.17. The molecule has 0 aliphatic carbocycles. The van der Waals surface area contributed by atoms with Crippen molar-refractivity contribution in [3.8, 4) is 5.75 Å². The highest BCUT2D eigenvalue weighted by molar-refractivity contribution is 5.77. The number of carbonyl (C=O) groups is 1. The summed E-state index contributed by atoms with van der Waals surface area (Å²) in [7, 11) is 1.59. The molecule has 0 aliphatic heterocycles. The van der Waals surface area contributed by atoms with Gasteiger partial charge in [0.1, 0.15) is 12.3 Å². The van der Waals surface area contributed by atoms with Gasteiger partial charge in [0.05, 0.1) is 26.0 Å². The minimum Gasteiger partial charge on any atom is -0.497 e. The zero-order valence-corrected chi connectivity index (χ0v) is 20.1. The third-order valence-corrected chi connectivity index (χ3v) is 6.07. The maximum Gasteiger partial charge on any atom is 0.333 e. The van der Waals surface area contributed by atoms with Gasteiger partial charge in [-0.2, -0.15) is 0 Å². The number of amides is 1. The number of ether oxygens (including phenoxy) is 1. The number of imidazole rings is 1. The lowest BCUT2D eigenvalue weighted by Crippen LogP contribution is -2.44. The Kier molecular flexibility index (Phi) is 7.14. The first-order valence-corrected chi connectivity index (χ1v) is 11.6. The van der Waals surface area contributed by atoms with Crippen LogP contribution in [0.2, 0.25) is 0 Å². The van der Waals surface area contributed by atoms with Gasteiger partial charge in [-0.3, -0.25) is 14.2 Å². The van der Waals surface area contributed by atoms with Crippen LogP contribution in [-0.4, -0.2) is 31.7 Å². The summed E-state index contributed by atoms with van der Waals surface area (Å²) in [6.45, 7) is 4.22. The molecule has 2 aromatic carbocycles. The van der Waals surface area contributed by atoms with Crippen molar-refractivity contribution in [2.45, 2.75) is 45.9 Å². The largest absolute Gasteiger partial charge is 0.497 e. The fraction of sp³-hybridized carbons (Fsp3) is 0.308. The molecule has 35 heavy (non-hydrogen) atoms. The first-order chi connectivity index (χ1) is 17.0. The van der Waals surface area contributed by atoms with Gasteiger partial charge in [-0.15, -0.1) is 0 Å². The van der Waals surface area contributed by atoms with Gasteiger partial charge in [0.25, 0.3) is 5.56 Å². The van der Waals surface area contributed by atoms with Crippen molar-refractivity contribution in [1.29, 1.82) is 0 Å². The second-order valence-corrected chi connectivity index (χ2v) is 8.25. The summed E-state index contributed by atoms with van der Waals surface area (Å²) in [5.41, 5.74) is 1.32. The summed E-state index contributed by atoms with van der Waals surface area (Å²) >= 11 is 0. The maximum atomic E-state index is 13.4. The number of carbonyl (C=O) groups excluding carboxylic acids is 1. The van der Waals surface area contributed by atoms with E-state index in [0.29, 0.717) is 24.1 Å². The summed E-state index contributed by atoms with van der Waals surface area (Å²) in [5, 5.41) is 2.95. The number of aryl methyl sites for hydroxylation is 1. The summed E-state index contributed by atoms with van der Waals surface area (Å²) in [6.07, 6.45) is 2.20. The predicted molar refractivity (Wildman–Crippen MR) is 134 cm³/mol. The Morgan fingerprint density at radius 3 is 2.37 bits per heavy atom. The standard InChI is InChI=1S/C26H29N5O4/c1-4-21(19-11-13-20(35-3)14-12-19)28-22(32)16-31-25(33)23-24(27-17-29(23)5-2)30(26(31)34)15-18-9-7-6-8-10-18/h6-14,17,21H,4-5,15-16H2,1-3H3,(H,28,32). The highest BCUT2D eigenvalue weighted by Crippen LogP contribution is 2.20. The van der Waals surface area contributed by atoms with Crippen molar-refractivity contribution < 1.29 is 9.53 Å². The topological polar surface area (TPSA) is 100 Å². The molecule has 4 rings (SSSR count). The van der Waals surface area contributed by atoms with Crippen LogP contribution in [0.25, 0.3) is 11.2 Å². The third-order valence-electron chi connectivity index (χ3n) is 6.07. The van der Waals surface area contributed by atoms with E-state index in [-0.39, 0.29) is 19.1 Å². The fourth-order valence-electron chi connectivity index (χ4n) is 4.17. The Morgan fingerprint density at radius 2 is 1.74 bits per heavy atom. The van der Waals surface area contributed by atoms with Crippen LogP contribution in [0.3, 0.4) is 0 Å². The van der Waals surface area contributed by atoms with E-state index < -0.39 is 17.2 Å². The normalized spacial score (nSPS) is 12.0. The van der Waals surface area contributed by atoms with Crippen LogP contribution in [0, 0.1) is 0 Å². The van der Waals surface area contributed by atoms with Crippen molar-refractivity contribution in [2.24, 2.45) is 0 Å². The molecular weight excluding hydrogens is 446 g/mol. The Balaban J connectivity index is 1.69. The van der Waals surface area contributed by atoms with E-state index in [1.807, 2.05) is 68.4 Å². The number of nitrogens with zero attached hydrogens (tertiary/aromatic N) is 4. The minimum atomic E-state index is -0.569. The van der Waals surface area contributed by atoms with Crippen molar-refractivity contribution in [3.05, 3.63) is 92.9 Å². The van der Waals surface area contributed by atoms with E-state index in [2.05, 4.69) is 10.3 Å². The summed E-state index contributed by atoms with van der Waals surface area (Å²) in [6, 6.07) is 16.6. The maximum absolute atomic E-state index is 13.4. The number of rotatable bonds is 9. The predicted octanol–water partition coefficient (Wildman–Crippen LogP) is 2.70. The van der Waals surface area contributed by atoms with Gasteiger partial charge in [0.15, 0.2) is 11.2 Å². The van der Waals surface area contributed by atoms with Crippen molar-refractivity contribution >= 4 is 17.1 Å². The molecule has 9 nitrogen and oxygen atoms in total. The lowest BCUT2D eigenvalue weighted by atomic mass is 10.0.